The summed E-state index contributed by atoms with van der Waals surface area (Å²) in [5, 5.41) is 9.32. The number of fused-ring (bicyclic) bond motifs is 1. The van der Waals surface area contributed by atoms with E-state index in [1.165, 1.54) is 0 Å². The van der Waals surface area contributed by atoms with Crippen LogP contribution in [0.5, 0.6) is 0 Å². The fourth-order valence-corrected chi connectivity index (χ4v) is 3.46. The Balaban J connectivity index is 1.57. The number of nitrogens with zero attached hydrogens (tertiary/aromatic N) is 2. The number of aliphatic hydroxyl groups is 1. The van der Waals surface area contributed by atoms with Gasteiger partial charge in [-0.15, -0.1) is 0 Å². The van der Waals surface area contributed by atoms with E-state index in [9.17, 15) is 9.90 Å². The van der Waals surface area contributed by atoms with E-state index in [4.69, 9.17) is 4.74 Å². The number of ether oxygens (including phenoxy) is 1. The quantitative estimate of drug-likeness (QED) is 0.724. The molecule has 0 bridgehead atoms. The maximum atomic E-state index is 12.3. The Bertz CT molecular complexity index is 344. The molecule has 0 aromatic heterocycles. The van der Waals surface area contributed by atoms with Gasteiger partial charge in [-0.3, -0.25) is 4.79 Å². The number of piperidine rings is 1. The van der Waals surface area contributed by atoms with Gasteiger partial charge in [0, 0.05) is 38.0 Å². The Hall–Kier alpha value is -0.650. The Morgan fingerprint density at radius 3 is 2.79 bits per heavy atom. The zero-order valence-electron chi connectivity index (χ0n) is 11.6. The van der Waals surface area contributed by atoms with Gasteiger partial charge in [0.2, 0.25) is 5.91 Å². The fraction of sp³-hybridized carbons (Fsp3) is 0.929. The number of aliphatic hydroxyl groups excluding tert-OH is 1. The van der Waals surface area contributed by atoms with Crippen LogP contribution in [0, 0.1) is 11.8 Å². The summed E-state index contributed by atoms with van der Waals surface area (Å²) in [6.45, 7) is 4.42. The van der Waals surface area contributed by atoms with E-state index in [1.54, 1.807) is 0 Å². The number of hydrogen-bond acceptors (Lipinski definition) is 4. The second kappa shape index (κ2) is 5.38. The predicted octanol–water partition coefficient (Wildman–Crippen LogP) is -0.0636. The minimum atomic E-state index is -0.255. The molecule has 3 rings (SSSR count). The van der Waals surface area contributed by atoms with Gasteiger partial charge in [0.05, 0.1) is 18.8 Å². The summed E-state index contributed by atoms with van der Waals surface area (Å²) in [4.78, 5) is 16.6. The largest absolute Gasteiger partial charge is 0.393 e. The first kappa shape index (κ1) is 13.3. The van der Waals surface area contributed by atoms with E-state index in [0.29, 0.717) is 18.8 Å². The van der Waals surface area contributed by atoms with E-state index < -0.39 is 0 Å². The van der Waals surface area contributed by atoms with Gasteiger partial charge in [0.1, 0.15) is 0 Å². The number of likely N-dealkylation sites (N-methyl/N-ethyl adjacent to an activating group) is 1. The molecule has 2 heterocycles. The Kier molecular flexibility index (Phi) is 3.78. The molecular weight excluding hydrogens is 244 g/mol. The lowest BCUT2D eigenvalue weighted by Gasteiger charge is -2.41. The molecule has 0 aromatic rings. The van der Waals surface area contributed by atoms with Crippen LogP contribution in [-0.2, 0) is 9.53 Å². The van der Waals surface area contributed by atoms with Gasteiger partial charge < -0.3 is 19.6 Å². The van der Waals surface area contributed by atoms with Crippen molar-refractivity contribution in [1.82, 2.24) is 9.80 Å². The molecule has 2 saturated heterocycles. The Morgan fingerprint density at radius 1 is 1.26 bits per heavy atom. The molecule has 1 saturated carbocycles. The molecule has 108 valence electrons. The first-order valence-electron chi connectivity index (χ1n) is 7.40. The summed E-state index contributed by atoms with van der Waals surface area (Å²) in [5.74, 6) is 0.841. The standard InChI is InChI=1S/C14H24N2O3/c1-15-4-5-19-13-9-16(3-2-10(13)8-15)14(18)11-6-12(17)7-11/h10-13,17H,2-9H2,1H3/t10-,11?,12?,13-/m1/s1. The number of amides is 1. The van der Waals surface area contributed by atoms with Crippen molar-refractivity contribution in [3.05, 3.63) is 0 Å². The summed E-state index contributed by atoms with van der Waals surface area (Å²) in [5.41, 5.74) is 0. The van der Waals surface area contributed by atoms with Crippen LogP contribution in [0.15, 0.2) is 0 Å². The van der Waals surface area contributed by atoms with Crippen molar-refractivity contribution < 1.29 is 14.6 Å². The molecule has 5 nitrogen and oxygen atoms in total. The van der Waals surface area contributed by atoms with E-state index in [0.717, 1.165) is 39.2 Å². The summed E-state index contributed by atoms with van der Waals surface area (Å²) < 4.78 is 5.93. The van der Waals surface area contributed by atoms with Crippen LogP contribution in [0.4, 0.5) is 0 Å². The number of hydrogen-bond donors (Lipinski definition) is 1. The third kappa shape index (κ3) is 2.78. The predicted molar refractivity (Wildman–Crippen MR) is 70.7 cm³/mol. The molecule has 2 aliphatic heterocycles. The first-order chi connectivity index (χ1) is 9.13. The van der Waals surface area contributed by atoms with Crippen LogP contribution >= 0.6 is 0 Å². The van der Waals surface area contributed by atoms with Crippen molar-refractivity contribution in [3.63, 3.8) is 0 Å². The fourth-order valence-electron chi connectivity index (χ4n) is 3.46. The third-order valence-corrected chi connectivity index (χ3v) is 4.82. The minimum Gasteiger partial charge on any atom is -0.393 e. The molecule has 3 aliphatic rings. The van der Waals surface area contributed by atoms with E-state index >= 15 is 0 Å². The molecule has 19 heavy (non-hydrogen) atoms. The molecule has 1 aliphatic carbocycles. The average molecular weight is 268 g/mol. The molecular formula is C14H24N2O3. The lowest BCUT2D eigenvalue weighted by atomic mass is 9.80. The highest BCUT2D eigenvalue weighted by molar-refractivity contribution is 5.80. The molecule has 1 amide bonds. The first-order valence-corrected chi connectivity index (χ1v) is 7.40. The molecule has 3 fully saturated rings. The van der Waals surface area contributed by atoms with Crippen LogP contribution in [-0.4, -0.2) is 72.9 Å². The SMILES string of the molecule is CN1CCO[C@@H]2CN(C(=O)C3CC(O)C3)CC[C@@H]2C1. The van der Waals surface area contributed by atoms with Crippen molar-refractivity contribution in [2.45, 2.75) is 31.5 Å². The molecule has 0 radical (unpaired) electrons. The smallest absolute Gasteiger partial charge is 0.225 e. The van der Waals surface area contributed by atoms with Crippen molar-refractivity contribution in [3.8, 4) is 0 Å². The van der Waals surface area contributed by atoms with Crippen LogP contribution in [0.25, 0.3) is 0 Å². The van der Waals surface area contributed by atoms with E-state index in [2.05, 4.69) is 11.9 Å². The summed E-state index contributed by atoms with van der Waals surface area (Å²) in [7, 11) is 2.14. The van der Waals surface area contributed by atoms with Crippen LogP contribution in [0.2, 0.25) is 0 Å². The van der Waals surface area contributed by atoms with Gasteiger partial charge in [-0.1, -0.05) is 0 Å². The third-order valence-electron chi connectivity index (χ3n) is 4.82. The summed E-state index contributed by atoms with van der Waals surface area (Å²) in [6, 6.07) is 0. The van der Waals surface area contributed by atoms with Gasteiger partial charge >= 0.3 is 0 Å². The van der Waals surface area contributed by atoms with Crippen molar-refractivity contribution in [2.75, 3.05) is 39.8 Å². The minimum absolute atomic E-state index is 0.0556. The van der Waals surface area contributed by atoms with E-state index in [-0.39, 0.29) is 24.0 Å². The number of rotatable bonds is 1. The lowest BCUT2D eigenvalue weighted by molar-refractivity contribution is -0.147. The molecule has 1 N–H and O–H groups in total. The maximum absolute atomic E-state index is 12.3. The summed E-state index contributed by atoms with van der Waals surface area (Å²) >= 11 is 0. The van der Waals surface area contributed by atoms with Crippen LogP contribution in [0.3, 0.4) is 0 Å². The molecule has 0 spiro atoms. The van der Waals surface area contributed by atoms with Gasteiger partial charge in [0.15, 0.2) is 0 Å². The second-order valence-electron chi connectivity index (χ2n) is 6.33. The van der Waals surface area contributed by atoms with Gasteiger partial charge in [-0.05, 0) is 26.3 Å². The molecule has 2 atom stereocenters. The Morgan fingerprint density at radius 2 is 2.05 bits per heavy atom. The molecule has 0 unspecified atom stereocenters. The normalized spacial score (nSPS) is 40.2. The van der Waals surface area contributed by atoms with Crippen molar-refractivity contribution >= 4 is 5.91 Å². The van der Waals surface area contributed by atoms with Gasteiger partial charge in [-0.2, -0.15) is 0 Å². The highest BCUT2D eigenvalue weighted by Gasteiger charge is 2.40. The summed E-state index contributed by atoms with van der Waals surface area (Å²) in [6.07, 6.45) is 2.28. The second-order valence-corrected chi connectivity index (χ2v) is 6.33. The zero-order valence-corrected chi connectivity index (χ0v) is 11.6. The number of likely N-dealkylation sites (tertiary alicyclic amines) is 1. The Labute approximate surface area is 114 Å². The van der Waals surface area contributed by atoms with E-state index in [1.807, 2.05) is 4.90 Å². The van der Waals surface area contributed by atoms with Crippen LogP contribution in [0.1, 0.15) is 19.3 Å². The lowest BCUT2D eigenvalue weighted by Crippen LogP contribution is -2.52. The van der Waals surface area contributed by atoms with Crippen LogP contribution < -0.4 is 0 Å². The average Bonchev–Trinajstić information content (AvgIpc) is 2.54. The van der Waals surface area contributed by atoms with Crippen molar-refractivity contribution in [2.24, 2.45) is 11.8 Å². The maximum Gasteiger partial charge on any atom is 0.225 e. The van der Waals surface area contributed by atoms with Gasteiger partial charge in [0.25, 0.3) is 0 Å². The highest BCUT2D eigenvalue weighted by atomic mass is 16.5. The van der Waals surface area contributed by atoms with Gasteiger partial charge in [-0.25, -0.2) is 0 Å². The number of carbonyl (C=O) groups excluding carboxylic acids is 1. The topological polar surface area (TPSA) is 53.0 Å². The zero-order chi connectivity index (χ0) is 13.4. The highest BCUT2D eigenvalue weighted by Crippen LogP contribution is 2.31. The number of carbonyl (C=O) groups is 1. The van der Waals surface area contributed by atoms with Crippen molar-refractivity contribution in [1.29, 1.82) is 0 Å². The monoisotopic (exact) mass is 268 g/mol. The molecule has 0 aromatic carbocycles. The molecule has 5 heteroatoms.